The van der Waals surface area contributed by atoms with Crippen molar-refractivity contribution in [3.63, 3.8) is 0 Å². The molecule has 0 aliphatic heterocycles. The number of thioether (sulfide) groups is 1. The van der Waals surface area contributed by atoms with E-state index >= 15 is 0 Å². The summed E-state index contributed by atoms with van der Waals surface area (Å²) in [6.45, 7) is 6.96. The molecule has 2 rings (SSSR count). The van der Waals surface area contributed by atoms with Crippen molar-refractivity contribution in [1.82, 2.24) is 5.32 Å². The first-order valence-corrected chi connectivity index (χ1v) is 9.68. The van der Waals surface area contributed by atoms with Gasteiger partial charge >= 0.3 is 0 Å². The third-order valence-corrected chi connectivity index (χ3v) is 4.92. The van der Waals surface area contributed by atoms with Gasteiger partial charge in [0.2, 0.25) is 0 Å². The second-order valence-electron chi connectivity index (χ2n) is 6.99. The fourth-order valence-electron chi connectivity index (χ4n) is 2.41. The third kappa shape index (κ3) is 6.90. The van der Waals surface area contributed by atoms with E-state index in [1.54, 1.807) is 30.0 Å². The van der Waals surface area contributed by atoms with E-state index in [1.807, 2.05) is 30.3 Å². The van der Waals surface area contributed by atoms with Crippen LogP contribution in [-0.2, 0) is 4.79 Å². The Morgan fingerprint density at radius 1 is 1.15 bits per heavy atom. The summed E-state index contributed by atoms with van der Waals surface area (Å²) in [6, 6.07) is 15.6. The molecule has 1 N–H and O–H groups in total. The Kier molecular flexibility index (Phi) is 7.19. The van der Waals surface area contributed by atoms with Gasteiger partial charge in [0.05, 0.1) is 4.92 Å². The molecule has 0 heterocycles. The highest BCUT2D eigenvalue weighted by Gasteiger charge is 2.14. The second-order valence-corrected chi connectivity index (χ2v) is 8.91. The Hall–Kier alpha value is -2.60. The average molecular weight is 385 g/mol. The summed E-state index contributed by atoms with van der Waals surface area (Å²) in [5.41, 5.74) is 1.86. The van der Waals surface area contributed by atoms with Crippen molar-refractivity contribution in [2.24, 2.45) is 0 Å². The van der Waals surface area contributed by atoms with E-state index in [0.29, 0.717) is 17.7 Å². The van der Waals surface area contributed by atoms with E-state index < -0.39 is 4.92 Å². The second kappa shape index (κ2) is 9.37. The van der Waals surface area contributed by atoms with Crippen LogP contribution in [0.3, 0.4) is 0 Å². The highest BCUT2D eigenvalue weighted by Crippen LogP contribution is 2.23. The molecule has 6 heteroatoms. The van der Waals surface area contributed by atoms with Crippen LogP contribution in [0.1, 0.15) is 31.9 Å². The standard InChI is InChI=1S/C21H24N2O3S/c1-21(2,3)27-13-12-22-20(24)19(17-9-5-4-6-10-17)15-16-8-7-11-18(14-16)23(25)26/h4-11,14-15H,12-13H2,1-3H3,(H,22,24)/b19-15+. The van der Waals surface area contributed by atoms with Gasteiger partial charge in [-0.25, -0.2) is 0 Å². The fraction of sp³-hybridized carbons (Fsp3) is 0.286. The Morgan fingerprint density at radius 3 is 2.48 bits per heavy atom. The number of nitro groups is 1. The van der Waals surface area contributed by atoms with Gasteiger partial charge in [0.25, 0.3) is 11.6 Å². The van der Waals surface area contributed by atoms with Gasteiger partial charge in [-0.05, 0) is 17.2 Å². The van der Waals surface area contributed by atoms with Crippen molar-refractivity contribution < 1.29 is 9.72 Å². The molecular formula is C21H24N2O3S. The molecule has 2 aromatic rings. The van der Waals surface area contributed by atoms with Crippen molar-refractivity contribution in [3.8, 4) is 0 Å². The monoisotopic (exact) mass is 384 g/mol. The van der Waals surface area contributed by atoms with Crippen molar-refractivity contribution >= 4 is 35.0 Å². The molecule has 0 aromatic heterocycles. The molecule has 27 heavy (non-hydrogen) atoms. The van der Waals surface area contributed by atoms with Gasteiger partial charge in [-0.3, -0.25) is 14.9 Å². The van der Waals surface area contributed by atoms with Gasteiger partial charge in [-0.15, -0.1) is 0 Å². The summed E-state index contributed by atoms with van der Waals surface area (Å²) in [5.74, 6) is 0.621. The minimum atomic E-state index is -0.441. The predicted octanol–water partition coefficient (Wildman–Crippen LogP) is 4.78. The van der Waals surface area contributed by atoms with Crippen LogP contribution in [0.15, 0.2) is 54.6 Å². The van der Waals surface area contributed by atoms with Crippen LogP contribution in [0.25, 0.3) is 11.6 Å². The van der Waals surface area contributed by atoms with E-state index in [2.05, 4.69) is 26.1 Å². The molecule has 0 aliphatic rings. The lowest BCUT2D eigenvalue weighted by molar-refractivity contribution is -0.384. The molecule has 142 valence electrons. The number of benzene rings is 2. The largest absolute Gasteiger partial charge is 0.351 e. The molecule has 0 bridgehead atoms. The summed E-state index contributed by atoms with van der Waals surface area (Å²) in [5, 5.41) is 14.0. The quantitative estimate of drug-likeness (QED) is 0.245. The first-order chi connectivity index (χ1) is 12.8. The Balaban J connectivity index is 2.23. The van der Waals surface area contributed by atoms with Crippen molar-refractivity contribution in [1.29, 1.82) is 0 Å². The van der Waals surface area contributed by atoms with Gasteiger partial charge in [0.1, 0.15) is 0 Å². The highest BCUT2D eigenvalue weighted by atomic mass is 32.2. The number of hydrogen-bond donors (Lipinski definition) is 1. The molecule has 0 aliphatic carbocycles. The lowest BCUT2D eigenvalue weighted by Gasteiger charge is -2.17. The summed E-state index contributed by atoms with van der Waals surface area (Å²) < 4.78 is 0.145. The average Bonchev–Trinajstić information content (AvgIpc) is 2.63. The van der Waals surface area contributed by atoms with Gasteiger partial charge in [0.15, 0.2) is 0 Å². The van der Waals surface area contributed by atoms with E-state index in [0.717, 1.165) is 11.3 Å². The molecule has 0 fully saturated rings. The van der Waals surface area contributed by atoms with E-state index in [9.17, 15) is 14.9 Å². The molecule has 2 aromatic carbocycles. The molecule has 1 amide bonds. The smallest absolute Gasteiger partial charge is 0.270 e. The highest BCUT2D eigenvalue weighted by molar-refractivity contribution is 8.00. The summed E-state index contributed by atoms with van der Waals surface area (Å²) in [6.07, 6.45) is 1.69. The van der Waals surface area contributed by atoms with Crippen molar-refractivity contribution in [2.75, 3.05) is 12.3 Å². The fourth-order valence-corrected chi connectivity index (χ4v) is 3.23. The zero-order valence-corrected chi connectivity index (χ0v) is 16.6. The SMILES string of the molecule is CC(C)(C)SCCNC(=O)/C(=C/c1cccc([N+](=O)[O-])c1)c1ccccc1. The van der Waals surface area contributed by atoms with Gasteiger partial charge < -0.3 is 5.32 Å². The van der Waals surface area contributed by atoms with Crippen LogP contribution < -0.4 is 5.32 Å². The lowest BCUT2D eigenvalue weighted by atomic mass is 10.0. The van der Waals surface area contributed by atoms with Gasteiger partial charge in [-0.1, -0.05) is 63.2 Å². The number of hydrogen-bond acceptors (Lipinski definition) is 4. The zero-order chi connectivity index (χ0) is 19.9. The number of rotatable bonds is 7. The van der Waals surface area contributed by atoms with Crippen LogP contribution in [0.5, 0.6) is 0 Å². The lowest BCUT2D eigenvalue weighted by Crippen LogP contribution is -2.27. The maximum atomic E-state index is 12.8. The molecule has 0 unspecified atom stereocenters. The predicted molar refractivity (Wildman–Crippen MR) is 113 cm³/mol. The normalized spacial score (nSPS) is 11.9. The first-order valence-electron chi connectivity index (χ1n) is 8.70. The molecule has 0 spiro atoms. The topological polar surface area (TPSA) is 72.2 Å². The number of nitro benzene ring substituents is 1. The minimum Gasteiger partial charge on any atom is -0.351 e. The number of non-ortho nitro benzene ring substituents is 1. The third-order valence-electron chi connectivity index (χ3n) is 3.64. The maximum absolute atomic E-state index is 12.8. The number of carbonyl (C=O) groups is 1. The molecular weight excluding hydrogens is 360 g/mol. The van der Waals surface area contributed by atoms with Crippen molar-refractivity contribution in [3.05, 3.63) is 75.8 Å². The van der Waals surface area contributed by atoms with Crippen LogP contribution in [0, 0.1) is 10.1 Å². The molecule has 0 radical (unpaired) electrons. The van der Waals surface area contributed by atoms with Crippen LogP contribution in [0.4, 0.5) is 5.69 Å². The number of carbonyl (C=O) groups excluding carboxylic acids is 1. The summed E-state index contributed by atoms with van der Waals surface area (Å²) >= 11 is 1.78. The van der Waals surface area contributed by atoms with E-state index in [4.69, 9.17) is 0 Å². The molecule has 0 atom stereocenters. The molecule has 0 saturated carbocycles. The zero-order valence-electron chi connectivity index (χ0n) is 15.8. The van der Waals surface area contributed by atoms with Crippen LogP contribution in [-0.4, -0.2) is 27.9 Å². The number of nitrogens with zero attached hydrogens (tertiary/aromatic N) is 1. The molecule has 5 nitrogen and oxygen atoms in total. The van der Waals surface area contributed by atoms with Crippen LogP contribution >= 0.6 is 11.8 Å². The first kappa shape index (κ1) is 20.7. The van der Waals surface area contributed by atoms with Crippen LogP contribution in [0.2, 0.25) is 0 Å². The summed E-state index contributed by atoms with van der Waals surface area (Å²) in [7, 11) is 0. The van der Waals surface area contributed by atoms with Gasteiger partial charge in [-0.2, -0.15) is 11.8 Å². The van der Waals surface area contributed by atoms with Gasteiger partial charge in [0, 0.05) is 34.8 Å². The summed E-state index contributed by atoms with van der Waals surface area (Å²) in [4.78, 5) is 23.3. The van der Waals surface area contributed by atoms with E-state index in [-0.39, 0.29) is 16.3 Å². The Labute approximate surface area is 164 Å². The molecule has 0 saturated heterocycles. The number of amides is 1. The van der Waals surface area contributed by atoms with Crippen molar-refractivity contribution in [2.45, 2.75) is 25.5 Å². The maximum Gasteiger partial charge on any atom is 0.270 e. The number of nitrogens with one attached hydrogen (secondary N) is 1. The minimum absolute atomic E-state index is 0.00172. The Bertz CT molecular complexity index is 827. The Morgan fingerprint density at radius 2 is 1.85 bits per heavy atom. The van der Waals surface area contributed by atoms with E-state index in [1.165, 1.54) is 12.1 Å².